The van der Waals surface area contributed by atoms with Crippen molar-refractivity contribution in [1.82, 2.24) is 20.1 Å². The number of amides is 2. The van der Waals surface area contributed by atoms with E-state index in [0.717, 1.165) is 38.2 Å². The Morgan fingerprint density at radius 3 is 2.73 bits per heavy atom. The van der Waals surface area contributed by atoms with E-state index in [1.54, 1.807) is 11.3 Å². The molecule has 2 aliphatic rings. The van der Waals surface area contributed by atoms with Gasteiger partial charge in [0, 0.05) is 43.3 Å². The van der Waals surface area contributed by atoms with Crippen LogP contribution in [0.2, 0.25) is 0 Å². The highest BCUT2D eigenvalue weighted by Gasteiger charge is 2.24. The summed E-state index contributed by atoms with van der Waals surface area (Å²) in [6.07, 6.45) is 2.03. The average Bonchev–Trinajstić information content (AvgIpc) is 2.95. The van der Waals surface area contributed by atoms with E-state index in [4.69, 9.17) is 4.74 Å². The Bertz CT molecular complexity index is 493. The minimum absolute atomic E-state index is 0.0669. The normalized spacial score (nSPS) is 21.0. The maximum Gasteiger partial charge on any atom is 0.317 e. The molecule has 0 bridgehead atoms. The molecule has 7 heteroatoms. The number of carbonyl (C=O) groups excluding carboxylic acids is 1. The number of piperidine rings is 1. The zero-order chi connectivity index (χ0) is 15.4. The summed E-state index contributed by atoms with van der Waals surface area (Å²) >= 11 is 1.73. The van der Waals surface area contributed by atoms with Crippen LogP contribution in [0.25, 0.3) is 0 Å². The number of rotatable bonds is 3. The maximum absolute atomic E-state index is 12.2. The molecule has 1 aromatic heterocycles. The van der Waals surface area contributed by atoms with Gasteiger partial charge in [0.2, 0.25) is 0 Å². The summed E-state index contributed by atoms with van der Waals surface area (Å²) in [5.41, 5.74) is 1.10. The van der Waals surface area contributed by atoms with Crippen LogP contribution >= 0.6 is 11.3 Å². The Hall–Kier alpha value is -1.18. The number of morpholine rings is 1. The van der Waals surface area contributed by atoms with Crippen molar-refractivity contribution in [2.24, 2.45) is 0 Å². The highest BCUT2D eigenvalue weighted by atomic mass is 32.1. The molecule has 2 amide bonds. The molecule has 0 spiro atoms. The summed E-state index contributed by atoms with van der Waals surface area (Å²) in [4.78, 5) is 21.0. The van der Waals surface area contributed by atoms with Crippen molar-refractivity contribution < 1.29 is 9.53 Å². The first-order valence-electron chi connectivity index (χ1n) is 7.97. The van der Waals surface area contributed by atoms with Crippen LogP contribution in [0, 0.1) is 6.92 Å². The van der Waals surface area contributed by atoms with Crippen LogP contribution in [0.3, 0.4) is 0 Å². The second-order valence-corrected chi connectivity index (χ2v) is 6.92. The average molecular weight is 324 g/mol. The Labute approximate surface area is 135 Å². The third-order valence-corrected chi connectivity index (χ3v) is 5.19. The molecule has 0 aromatic carbocycles. The molecule has 0 aliphatic carbocycles. The molecule has 0 unspecified atom stereocenters. The largest absolute Gasteiger partial charge is 0.378 e. The van der Waals surface area contributed by atoms with Crippen molar-refractivity contribution in [2.45, 2.75) is 32.4 Å². The zero-order valence-electron chi connectivity index (χ0n) is 13.1. The smallest absolute Gasteiger partial charge is 0.317 e. The Morgan fingerprint density at radius 1 is 1.36 bits per heavy atom. The van der Waals surface area contributed by atoms with Gasteiger partial charge in [-0.2, -0.15) is 0 Å². The van der Waals surface area contributed by atoms with Crippen LogP contribution in [-0.2, 0) is 11.3 Å². The van der Waals surface area contributed by atoms with Crippen molar-refractivity contribution in [1.29, 1.82) is 0 Å². The number of ether oxygens (including phenoxy) is 1. The molecule has 0 saturated carbocycles. The van der Waals surface area contributed by atoms with Gasteiger partial charge in [0.1, 0.15) is 5.01 Å². The minimum atomic E-state index is 0.0669. The van der Waals surface area contributed by atoms with Gasteiger partial charge in [-0.25, -0.2) is 9.78 Å². The van der Waals surface area contributed by atoms with Crippen LogP contribution in [0.4, 0.5) is 4.79 Å². The molecule has 122 valence electrons. The van der Waals surface area contributed by atoms with E-state index in [-0.39, 0.29) is 6.03 Å². The van der Waals surface area contributed by atoms with Crippen LogP contribution in [0.1, 0.15) is 23.5 Å². The number of aromatic nitrogens is 1. The lowest BCUT2D eigenvalue weighted by Crippen LogP contribution is -2.51. The fourth-order valence-electron chi connectivity index (χ4n) is 2.93. The molecule has 0 atom stereocenters. The standard InChI is InChI=1S/C15H24N4O2S/c1-12-11-22-14(16-12)10-18-4-2-13(3-5-18)17-15(20)19-6-8-21-9-7-19/h11,13H,2-10H2,1H3,(H,17,20). The fourth-order valence-corrected chi connectivity index (χ4v) is 3.75. The molecule has 1 N–H and O–H groups in total. The molecule has 2 saturated heterocycles. The predicted molar refractivity (Wildman–Crippen MR) is 86.1 cm³/mol. The number of nitrogens with zero attached hydrogens (tertiary/aromatic N) is 3. The van der Waals surface area contributed by atoms with Gasteiger partial charge in [0.15, 0.2) is 0 Å². The lowest BCUT2D eigenvalue weighted by atomic mass is 10.1. The predicted octanol–water partition coefficient (Wildman–Crippen LogP) is 1.46. The highest BCUT2D eigenvalue weighted by Crippen LogP contribution is 2.16. The van der Waals surface area contributed by atoms with E-state index in [0.29, 0.717) is 32.3 Å². The van der Waals surface area contributed by atoms with Crippen molar-refractivity contribution >= 4 is 17.4 Å². The van der Waals surface area contributed by atoms with Gasteiger partial charge in [0.25, 0.3) is 0 Å². The first kappa shape index (κ1) is 15.7. The molecule has 1 aromatic rings. The van der Waals surface area contributed by atoms with Crippen molar-refractivity contribution in [3.05, 3.63) is 16.1 Å². The first-order chi connectivity index (χ1) is 10.7. The van der Waals surface area contributed by atoms with Crippen molar-refractivity contribution in [3.63, 3.8) is 0 Å². The summed E-state index contributed by atoms with van der Waals surface area (Å²) in [5.74, 6) is 0. The molecule has 2 aliphatic heterocycles. The molecule has 0 radical (unpaired) electrons. The third-order valence-electron chi connectivity index (χ3n) is 4.24. The van der Waals surface area contributed by atoms with E-state index in [1.165, 1.54) is 5.01 Å². The molecule has 3 heterocycles. The van der Waals surface area contributed by atoms with Gasteiger partial charge in [-0.05, 0) is 19.8 Å². The number of urea groups is 1. The summed E-state index contributed by atoms with van der Waals surface area (Å²) in [7, 11) is 0. The van der Waals surface area contributed by atoms with E-state index >= 15 is 0 Å². The lowest BCUT2D eigenvalue weighted by molar-refractivity contribution is 0.0516. The minimum Gasteiger partial charge on any atom is -0.378 e. The summed E-state index contributed by atoms with van der Waals surface area (Å²) in [5, 5.41) is 6.46. The first-order valence-corrected chi connectivity index (χ1v) is 8.85. The Kier molecular flexibility index (Phi) is 5.28. The summed E-state index contributed by atoms with van der Waals surface area (Å²) < 4.78 is 5.28. The molecule has 6 nitrogen and oxygen atoms in total. The van der Waals surface area contributed by atoms with Gasteiger partial charge < -0.3 is 15.0 Å². The number of hydrogen-bond acceptors (Lipinski definition) is 5. The summed E-state index contributed by atoms with van der Waals surface area (Å²) in [6, 6.07) is 0.363. The van der Waals surface area contributed by atoms with Gasteiger partial charge in [-0.15, -0.1) is 11.3 Å². The summed E-state index contributed by atoms with van der Waals surface area (Å²) in [6.45, 7) is 7.72. The Morgan fingerprint density at radius 2 is 2.09 bits per heavy atom. The van der Waals surface area contributed by atoms with E-state index in [9.17, 15) is 4.79 Å². The monoisotopic (exact) mass is 324 g/mol. The van der Waals surface area contributed by atoms with E-state index in [1.807, 2.05) is 11.8 Å². The number of carbonyl (C=O) groups is 1. The second kappa shape index (κ2) is 7.39. The quantitative estimate of drug-likeness (QED) is 0.914. The zero-order valence-corrected chi connectivity index (χ0v) is 13.9. The maximum atomic E-state index is 12.2. The van der Waals surface area contributed by atoms with E-state index in [2.05, 4.69) is 20.6 Å². The van der Waals surface area contributed by atoms with Crippen LogP contribution in [0.5, 0.6) is 0 Å². The van der Waals surface area contributed by atoms with E-state index < -0.39 is 0 Å². The molecular weight excluding hydrogens is 300 g/mol. The lowest BCUT2D eigenvalue weighted by Gasteiger charge is -2.34. The number of nitrogens with one attached hydrogen (secondary N) is 1. The Balaban J connectivity index is 1.40. The SMILES string of the molecule is Cc1csc(CN2CCC(NC(=O)N3CCOCC3)CC2)n1. The highest BCUT2D eigenvalue weighted by molar-refractivity contribution is 7.09. The van der Waals surface area contributed by atoms with Crippen LogP contribution in [0.15, 0.2) is 5.38 Å². The van der Waals surface area contributed by atoms with Crippen molar-refractivity contribution in [3.8, 4) is 0 Å². The topological polar surface area (TPSA) is 57.7 Å². The molecule has 3 rings (SSSR count). The van der Waals surface area contributed by atoms with Gasteiger partial charge in [-0.1, -0.05) is 0 Å². The van der Waals surface area contributed by atoms with Crippen LogP contribution < -0.4 is 5.32 Å². The number of hydrogen-bond donors (Lipinski definition) is 1. The number of aryl methyl sites for hydroxylation is 1. The molecule has 22 heavy (non-hydrogen) atoms. The third kappa shape index (κ3) is 4.18. The molecular formula is C15H24N4O2S. The van der Waals surface area contributed by atoms with Gasteiger partial charge in [-0.3, -0.25) is 4.90 Å². The van der Waals surface area contributed by atoms with Gasteiger partial charge >= 0.3 is 6.03 Å². The fraction of sp³-hybridized carbons (Fsp3) is 0.733. The second-order valence-electron chi connectivity index (χ2n) is 5.98. The number of thiazole rings is 1. The molecule has 2 fully saturated rings. The van der Waals surface area contributed by atoms with Crippen molar-refractivity contribution in [2.75, 3.05) is 39.4 Å². The van der Waals surface area contributed by atoms with Crippen LogP contribution in [-0.4, -0.2) is 66.2 Å². The number of likely N-dealkylation sites (tertiary alicyclic amines) is 1. The van der Waals surface area contributed by atoms with Gasteiger partial charge in [0.05, 0.1) is 19.8 Å².